The molecule has 1 aliphatic carbocycles. The van der Waals surface area contributed by atoms with Gasteiger partial charge >= 0.3 is 0 Å². The molecule has 1 unspecified atom stereocenters. The van der Waals surface area contributed by atoms with Crippen LogP contribution in [0.15, 0.2) is 12.1 Å². The Hall–Kier alpha value is -0.820. The molecule has 0 heterocycles. The Morgan fingerprint density at radius 2 is 1.67 bits per heavy atom. The molecule has 1 N–H and O–H groups in total. The first kappa shape index (κ1) is 16.5. The van der Waals surface area contributed by atoms with Crippen LogP contribution in [0.3, 0.4) is 0 Å². The number of aryl methyl sites for hydroxylation is 3. The van der Waals surface area contributed by atoms with Crippen LogP contribution in [0.2, 0.25) is 0 Å². The predicted octanol–water partition coefficient (Wildman–Crippen LogP) is 5.10. The molecule has 0 amide bonds. The van der Waals surface area contributed by atoms with Gasteiger partial charge in [0, 0.05) is 6.04 Å². The van der Waals surface area contributed by atoms with Crippen molar-refractivity contribution in [3.63, 3.8) is 0 Å². The summed E-state index contributed by atoms with van der Waals surface area (Å²) in [5.41, 5.74) is 5.90. The van der Waals surface area contributed by atoms with Crippen LogP contribution in [0.5, 0.6) is 0 Å². The van der Waals surface area contributed by atoms with E-state index in [0.717, 1.165) is 12.5 Å². The lowest BCUT2D eigenvalue weighted by Crippen LogP contribution is -2.34. The third-order valence-corrected chi connectivity index (χ3v) is 5.13. The van der Waals surface area contributed by atoms with Gasteiger partial charge in [0.25, 0.3) is 0 Å². The molecule has 1 aromatic rings. The SMILES string of the molecule is CCNC(Cc1c(C)cc(C)cc1C)CC1CCCCC1. The molecule has 118 valence electrons. The fourth-order valence-electron chi connectivity index (χ4n) is 4.13. The van der Waals surface area contributed by atoms with Gasteiger partial charge < -0.3 is 5.32 Å². The van der Waals surface area contributed by atoms with Crippen molar-refractivity contribution in [2.75, 3.05) is 6.54 Å². The molecule has 0 bridgehead atoms. The second-order valence-corrected chi connectivity index (χ2v) is 7.08. The Kier molecular flexibility index (Phi) is 6.29. The number of hydrogen-bond donors (Lipinski definition) is 1. The summed E-state index contributed by atoms with van der Waals surface area (Å²) in [7, 11) is 0. The van der Waals surface area contributed by atoms with E-state index in [2.05, 4.69) is 45.1 Å². The molecular weight excluding hydrogens is 254 g/mol. The summed E-state index contributed by atoms with van der Waals surface area (Å²) in [6.45, 7) is 10.1. The van der Waals surface area contributed by atoms with E-state index in [1.54, 1.807) is 5.56 Å². The fraction of sp³-hybridized carbons (Fsp3) is 0.700. The maximum absolute atomic E-state index is 3.75. The van der Waals surface area contributed by atoms with Crippen LogP contribution in [0.1, 0.15) is 67.7 Å². The summed E-state index contributed by atoms with van der Waals surface area (Å²) in [6, 6.07) is 5.33. The van der Waals surface area contributed by atoms with Crippen molar-refractivity contribution in [1.82, 2.24) is 5.32 Å². The highest BCUT2D eigenvalue weighted by atomic mass is 14.9. The molecule has 0 spiro atoms. The maximum Gasteiger partial charge on any atom is 0.0110 e. The van der Waals surface area contributed by atoms with E-state index >= 15 is 0 Å². The van der Waals surface area contributed by atoms with Gasteiger partial charge in [-0.05, 0) is 62.8 Å². The van der Waals surface area contributed by atoms with Gasteiger partial charge in [0.05, 0.1) is 0 Å². The highest BCUT2D eigenvalue weighted by Gasteiger charge is 2.20. The highest BCUT2D eigenvalue weighted by Crippen LogP contribution is 2.29. The van der Waals surface area contributed by atoms with Gasteiger partial charge in [-0.25, -0.2) is 0 Å². The van der Waals surface area contributed by atoms with Crippen LogP contribution in [0, 0.1) is 26.7 Å². The number of benzene rings is 1. The largest absolute Gasteiger partial charge is 0.314 e. The molecule has 0 saturated heterocycles. The predicted molar refractivity (Wildman–Crippen MR) is 93.0 cm³/mol. The zero-order valence-corrected chi connectivity index (χ0v) is 14.5. The number of likely N-dealkylation sites (N-methyl/N-ethyl adjacent to an activating group) is 1. The quantitative estimate of drug-likeness (QED) is 0.767. The lowest BCUT2D eigenvalue weighted by atomic mass is 9.82. The van der Waals surface area contributed by atoms with Crippen molar-refractivity contribution in [3.8, 4) is 0 Å². The summed E-state index contributed by atoms with van der Waals surface area (Å²) < 4.78 is 0. The third kappa shape index (κ3) is 4.85. The Bertz CT molecular complexity index is 420. The summed E-state index contributed by atoms with van der Waals surface area (Å²) in [6.07, 6.45) is 9.82. The van der Waals surface area contributed by atoms with Gasteiger partial charge in [0.2, 0.25) is 0 Å². The topological polar surface area (TPSA) is 12.0 Å². The zero-order chi connectivity index (χ0) is 15.2. The Balaban J connectivity index is 2.05. The molecule has 0 radical (unpaired) electrons. The molecule has 1 nitrogen and oxygen atoms in total. The fourth-order valence-corrected chi connectivity index (χ4v) is 4.13. The lowest BCUT2D eigenvalue weighted by molar-refractivity contribution is 0.298. The van der Waals surface area contributed by atoms with E-state index in [1.165, 1.54) is 61.6 Å². The van der Waals surface area contributed by atoms with Crippen molar-refractivity contribution in [2.45, 2.75) is 78.7 Å². The average molecular weight is 287 g/mol. The number of hydrogen-bond acceptors (Lipinski definition) is 1. The van der Waals surface area contributed by atoms with E-state index in [1.807, 2.05) is 0 Å². The van der Waals surface area contributed by atoms with Crippen molar-refractivity contribution >= 4 is 0 Å². The van der Waals surface area contributed by atoms with Crippen LogP contribution >= 0.6 is 0 Å². The Morgan fingerprint density at radius 1 is 1.05 bits per heavy atom. The number of nitrogens with one attached hydrogen (secondary N) is 1. The normalized spacial score (nSPS) is 17.9. The summed E-state index contributed by atoms with van der Waals surface area (Å²) in [4.78, 5) is 0. The Morgan fingerprint density at radius 3 is 2.24 bits per heavy atom. The van der Waals surface area contributed by atoms with Crippen LogP contribution in [0.4, 0.5) is 0 Å². The summed E-state index contributed by atoms with van der Waals surface area (Å²) >= 11 is 0. The first-order valence-electron chi connectivity index (χ1n) is 8.90. The van der Waals surface area contributed by atoms with Gasteiger partial charge in [0.1, 0.15) is 0 Å². The molecule has 0 aliphatic heterocycles. The smallest absolute Gasteiger partial charge is 0.0110 e. The second-order valence-electron chi connectivity index (χ2n) is 7.08. The van der Waals surface area contributed by atoms with Gasteiger partial charge in [-0.15, -0.1) is 0 Å². The van der Waals surface area contributed by atoms with Crippen molar-refractivity contribution in [3.05, 3.63) is 34.4 Å². The molecule has 0 aromatic heterocycles. The average Bonchev–Trinajstić information content (AvgIpc) is 2.44. The molecule has 1 fully saturated rings. The van der Waals surface area contributed by atoms with E-state index < -0.39 is 0 Å². The minimum Gasteiger partial charge on any atom is -0.314 e. The monoisotopic (exact) mass is 287 g/mol. The van der Waals surface area contributed by atoms with Gasteiger partial charge in [-0.1, -0.05) is 56.7 Å². The third-order valence-electron chi connectivity index (χ3n) is 5.13. The zero-order valence-electron chi connectivity index (χ0n) is 14.5. The summed E-state index contributed by atoms with van der Waals surface area (Å²) in [5.74, 6) is 0.953. The maximum atomic E-state index is 3.75. The molecule has 1 heteroatoms. The van der Waals surface area contributed by atoms with Crippen molar-refractivity contribution < 1.29 is 0 Å². The minimum absolute atomic E-state index is 0.651. The molecular formula is C20H33N. The van der Waals surface area contributed by atoms with E-state index in [-0.39, 0.29) is 0 Å². The van der Waals surface area contributed by atoms with Crippen LogP contribution < -0.4 is 5.32 Å². The lowest BCUT2D eigenvalue weighted by Gasteiger charge is -2.28. The first-order chi connectivity index (χ1) is 10.1. The van der Waals surface area contributed by atoms with E-state index in [0.29, 0.717) is 6.04 Å². The van der Waals surface area contributed by atoms with E-state index in [4.69, 9.17) is 0 Å². The number of rotatable bonds is 6. The van der Waals surface area contributed by atoms with Gasteiger partial charge in [-0.3, -0.25) is 0 Å². The standard InChI is InChI=1S/C20H33N/c1-5-21-19(13-18-9-7-6-8-10-18)14-20-16(3)11-15(2)12-17(20)4/h11-12,18-19,21H,5-10,13-14H2,1-4H3. The van der Waals surface area contributed by atoms with Crippen LogP contribution in [-0.2, 0) is 6.42 Å². The van der Waals surface area contributed by atoms with Crippen LogP contribution in [-0.4, -0.2) is 12.6 Å². The van der Waals surface area contributed by atoms with Crippen molar-refractivity contribution in [1.29, 1.82) is 0 Å². The minimum atomic E-state index is 0.651. The van der Waals surface area contributed by atoms with Gasteiger partial charge in [-0.2, -0.15) is 0 Å². The molecule has 21 heavy (non-hydrogen) atoms. The molecule has 1 saturated carbocycles. The van der Waals surface area contributed by atoms with Crippen molar-refractivity contribution in [2.24, 2.45) is 5.92 Å². The molecule has 1 aromatic carbocycles. The van der Waals surface area contributed by atoms with Crippen LogP contribution in [0.25, 0.3) is 0 Å². The second kappa shape index (κ2) is 7.98. The molecule has 1 aliphatic rings. The van der Waals surface area contributed by atoms with Gasteiger partial charge in [0.15, 0.2) is 0 Å². The first-order valence-corrected chi connectivity index (χ1v) is 8.90. The van der Waals surface area contributed by atoms with E-state index in [9.17, 15) is 0 Å². The Labute approximate surface area is 131 Å². The molecule has 2 rings (SSSR count). The summed E-state index contributed by atoms with van der Waals surface area (Å²) in [5, 5.41) is 3.75. The highest BCUT2D eigenvalue weighted by molar-refractivity contribution is 5.38. The molecule has 1 atom stereocenters.